The van der Waals surface area contributed by atoms with E-state index >= 15 is 0 Å². The maximum atomic E-state index is 11.3. The highest BCUT2D eigenvalue weighted by atomic mass is 16.2. The van der Waals surface area contributed by atoms with Crippen LogP contribution in [0.5, 0.6) is 0 Å². The van der Waals surface area contributed by atoms with Gasteiger partial charge in [0.1, 0.15) is 0 Å². The lowest BCUT2D eigenvalue weighted by Gasteiger charge is -1.99. The van der Waals surface area contributed by atoms with Gasteiger partial charge in [0.25, 0.3) is 5.56 Å². The molecule has 2 N–H and O–H groups in total. The van der Waals surface area contributed by atoms with Crippen molar-refractivity contribution in [2.75, 3.05) is 0 Å². The fourth-order valence-corrected chi connectivity index (χ4v) is 1.77. The Balaban J connectivity index is 2.77. The molecule has 12 heavy (non-hydrogen) atoms. The molecule has 0 unspecified atom stereocenters. The molecule has 0 aromatic carbocycles. The van der Waals surface area contributed by atoms with Gasteiger partial charge in [0, 0.05) is 11.3 Å². The van der Waals surface area contributed by atoms with Gasteiger partial charge in [-0.2, -0.15) is 0 Å². The maximum Gasteiger partial charge on any atom is 0.325 e. The van der Waals surface area contributed by atoms with Crippen LogP contribution >= 0.6 is 0 Å². The number of nitrogens with one attached hydrogen (secondary N) is 2. The number of hydrogen-bond donors (Lipinski definition) is 2. The molecule has 0 saturated carbocycles. The predicted octanol–water partition coefficient (Wildman–Crippen LogP) is 0.113. The summed E-state index contributed by atoms with van der Waals surface area (Å²) >= 11 is 0. The van der Waals surface area contributed by atoms with E-state index in [1.165, 1.54) is 0 Å². The summed E-state index contributed by atoms with van der Waals surface area (Å²) in [5.74, 6) is 0.278. The van der Waals surface area contributed by atoms with Crippen molar-refractivity contribution in [1.82, 2.24) is 9.97 Å². The Morgan fingerprint density at radius 2 is 2.08 bits per heavy atom. The van der Waals surface area contributed by atoms with Gasteiger partial charge < -0.3 is 4.98 Å². The third-order valence-corrected chi connectivity index (χ3v) is 2.38. The second-order valence-corrected chi connectivity index (χ2v) is 3.24. The highest BCUT2D eigenvalue weighted by molar-refractivity contribution is 5.25. The summed E-state index contributed by atoms with van der Waals surface area (Å²) in [4.78, 5) is 27.0. The third kappa shape index (κ3) is 0.913. The molecule has 0 bridgehead atoms. The molecule has 1 aliphatic carbocycles. The molecule has 0 aliphatic heterocycles. The van der Waals surface area contributed by atoms with Gasteiger partial charge in [-0.1, -0.05) is 6.92 Å². The van der Waals surface area contributed by atoms with Crippen LogP contribution in [0.3, 0.4) is 0 Å². The molecule has 0 spiro atoms. The van der Waals surface area contributed by atoms with E-state index in [0.29, 0.717) is 0 Å². The van der Waals surface area contributed by atoms with E-state index in [-0.39, 0.29) is 11.5 Å². The van der Waals surface area contributed by atoms with E-state index < -0.39 is 5.69 Å². The molecule has 0 amide bonds. The molecule has 2 rings (SSSR count). The summed E-state index contributed by atoms with van der Waals surface area (Å²) in [5.41, 5.74) is 0.956. The number of aromatic amines is 2. The first-order valence-electron chi connectivity index (χ1n) is 4.04. The monoisotopic (exact) mass is 166 g/mol. The molecule has 4 heteroatoms. The minimum atomic E-state index is -0.396. The Kier molecular flexibility index (Phi) is 1.43. The van der Waals surface area contributed by atoms with Crippen LogP contribution in [-0.2, 0) is 6.42 Å². The number of hydrogen-bond acceptors (Lipinski definition) is 2. The van der Waals surface area contributed by atoms with Gasteiger partial charge in [0.2, 0.25) is 0 Å². The SMILES string of the molecule is C[C@H]1CCc2[nH]c(=O)[nH]c(=O)c21. The van der Waals surface area contributed by atoms with Crippen molar-refractivity contribution in [3.05, 3.63) is 32.1 Å². The molecular formula is C8H10N2O2. The van der Waals surface area contributed by atoms with Crippen molar-refractivity contribution in [3.8, 4) is 0 Å². The molecule has 0 saturated heterocycles. The van der Waals surface area contributed by atoms with Gasteiger partial charge in [-0.25, -0.2) is 4.79 Å². The molecule has 1 aromatic rings. The van der Waals surface area contributed by atoms with Crippen molar-refractivity contribution in [2.45, 2.75) is 25.7 Å². The largest absolute Gasteiger partial charge is 0.325 e. The molecule has 1 heterocycles. The number of aryl methyl sites for hydroxylation is 1. The molecule has 0 radical (unpaired) electrons. The standard InChI is InChI=1S/C8H10N2O2/c1-4-2-3-5-6(4)7(11)10-8(12)9-5/h4H,2-3H2,1H3,(H2,9,10,11,12)/t4-/m0/s1. The van der Waals surface area contributed by atoms with Crippen molar-refractivity contribution in [1.29, 1.82) is 0 Å². The summed E-state index contributed by atoms with van der Waals surface area (Å²) in [6.45, 7) is 2.00. The molecule has 64 valence electrons. The quantitative estimate of drug-likeness (QED) is 0.574. The van der Waals surface area contributed by atoms with E-state index in [1.807, 2.05) is 6.92 Å². The molecule has 1 aliphatic rings. The van der Waals surface area contributed by atoms with Crippen LogP contribution in [0.25, 0.3) is 0 Å². The molecular weight excluding hydrogens is 156 g/mol. The Morgan fingerprint density at radius 3 is 2.83 bits per heavy atom. The second kappa shape index (κ2) is 2.33. The van der Waals surface area contributed by atoms with Crippen molar-refractivity contribution in [2.24, 2.45) is 0 Å². The fourth-order valence-electron chi connectivity index (χ4n) is 1.77. The van der Waals surface area contributed by atoms with Crippen LogP contribution < -0.4 is 11.2 Å². The van der Waals surface area contributed by atoms with E-state index in [9.17, 15) is 9.59 Å². The average molecular weight is 166 g/mol. The summed E-state index contributed by atoms with van der Waals surface area (Å²) < 4.78 is 0. The van der Waals surface area contributed by atoms with Crippen LogP contribution in [0.2, 0.25) is 0 Å². The summed E-state index contributed by atoms with van der Waals surface area (Å²) in [5, 5.41) is 0. The summed E-state index contributed by atoms with van der Waals surface area (Å²) in [6.07, 6.45) is 1.77. The number of H-pyrrole nitrogens is 2. The Morgan fingerprint density at radius 1 is 1.33 bits per heavy atom. The van der Waals surface area contributed by atoms with Gasteiger partial charge in [-0.3, -0.25) is 9.78 Å². The van der Waals surface area contributed by atoms with Gasteiger partial charge in [-0.05, 0) is 18.8 Å². The summed E-state index contributed by atoms with van der Waals surface area (Å²) in [7, 11) is 0. The van der Waals surface area contributed by atoms with E-state index in [1.54, 1.807) is 0 Å². The van der Waals surface area contributed by atoms with Gasteiger partial charge in [-0.15, -0.1) is 0 Å². The minimum absolute atomic E-state index is 0.223. The average Bonchev–Trinajstić information content (AvgIpc) is 2.31. The smallest absolute Gasteiger partial charge is 0.311 e. The van der Waals surface area contributed by atoms with Crippen LogP contribution in [-0.4, -0.2) is 9.97 Å². The van der Waals surface area contributed by atoms with Crippen molar-refractivity contribution >= 4 is 0 Å². The number of aromatic nitrogens is 2. The lowest BCUT2D eigenvalue weighted by molar-refractivity contribution is 0.740. The zero-order valence-corrected chi connectivity index (χ0v) is 6.81. The highest BCUT2D eigenvalue weighted by Gasteiger charge is 2.22. The first-order chi connectivity index (χ1) is 5.68. The summed E-state index contributed by atoms with van der Waals surface area (Å²) in [6, 6.07) is 0. The first kappa shape index (κ1) is 7.34. The Bertz CT molecular complexity index is 416. The Hall–Kier alpha value is -1.32. The lowest BCUT2D eigenvalue weighted by atomic mass is 10.1. The van der Waals surface area contributed by atoms with Crippen molar-refractivity contribution < 1.29 is 0 Å². The van der Waals surface area contributed by atoms with E-state index in [2.05, 4.69) is 9.97 Å². The molecule has 4 nitrogen and oxygen atoms in total. The van der Waals surface area contributed by atoms with E-state index in [4.69, 9.17) is 0 Å². The minimum Gasteiger partial charge on any atom is -0.311 e. The number of rotatable bonds is 0. The van der Waals surface area contributed by atoms with E-state index in [0.717, 1.165) is 24.1 Å². The highest BCUT2D eigenvalue weighted by Crippen LogP contribution is 2.26. The maximum absolute atomic E-state index is 11.3. The topological polar surface area (TPSA) is 65.7 Å². The van der Waals surface area contributed by atoms with Crippen molar-refractivity contribution in [3.63, 3.8) is 0 Å². The lowest BCUT2D eigenvalue weighted by Crippen LogP contribution is -2.26. The predicted molar refractivity (Wildman–Crippen MR) is 44.4 cm³/mol. The van der Waals surface area contributed by atoms with Gasteiger partial charge in [0.05, 0.1) is 0 Å². The third-order valence-electron chi connectivity index (χ3n) is 2.38. The zero-order valence-electron chi connectivity index (χ0n) is 6.81. The van der Waals surface area contributed by atoms with Gasteiger partial charge in [0.15, 0.2) is 0 Å². The second-order valence-electron chi connectivity index (χ2n) is 3.24. The van der Waals surface area contributed by atoms with Crippen LogP contribution in [0.4, 0.5) is 0 Å². The normalized spacial score (nSPS) is 20.9. The Labute approximate surface area is 68.6 Å². The molecule has 0 fully saturated rings. The van der Waals surface area contributed by atoms with Crippen LogP contribution in [0, 0.1) is 0 Å². The number of fused-ring (bicyclic) bond motifs is 1. The zero-order chi connectivity index (χ0) is 8.72. The fraction of sp³-hybridized carbons (Fsp3) is 0.500. The molecule has 1 aromatic heterocycles. The van der Waals surface area contributed by atoms with Crippen LogP contribution in [0.15, 0.2) is 9.59 Å². The van der Waals surface area contributed by atoms with Gasteiger partial charge >= 0.3 is 5.69 Å². The molecule has 1 atom stereocenters. The first-order valence-corrected chi connectivity index (χ1v) is 4.04. The van der Waals surface area contributed by atoms with Crippen LogP contribution in [0.1, 0.15) is 30.5 Å².